The highest BCUT2D eigenvalue weighted by Gasteiger charge is 2.09. The van der Waals surface area contributed by atoms with Crippen LogP contribution in [-0.2, 0) is 16.4 Å². The Labute approximate surface area is 99.0 Å². The fraction of sp³-hybridized carbons (Fsp3) is 0.556. The van der Waals surface area contributed by atoms with E-state index in [1.165, 1.54) is 10.9 Å². The van der Waals surface area contributed by atoms with Gasteiger partial charge in [-0.1, -0.05) is 18.5 Å². The van der Waals surface area contributed by atoms with Gasteiger partial charge in [0.05, 0.1) is 12.1 Å². The third kappa shape index (κ3) is 3.94. The maximum atomic E-state index is 11.4. The van der Waals surface area contributed by atoms with Gasteiger partial charge in [0, 0.05) is 18.4 Å². The van der Waals surface area contributed by atoms with Crippen LogP contribution in [0.5, 0.6) is 0 Å². The van der Waals surface area contributed by atoms with Gasteiger partial charge in [0.1, 0.15) is 5.15 Å². The third-order valence-corrected chi connectivity index (χ3v) is 4.05. The van der Waals surface area contributed by atoms with Crippen molar-refractivity contribution >= 4 is 21.4 Å². The van der Waals surface area contributed by atoms with E-state index in [0.717, 1.165) is 6.07 Å². The number of rotatable bonds is 5. The second-order valence-corrected chi connectivity index (χ2v) is 6.09. The van der Waals surface area contributed by atoms with Crippen LogP contribution in [0.2, 0.25) is 5.15 Å². The van der Waals surface area contributed by atoms with E-state index < -0.39 is 9.84 Å². The molecule has 0 bridgehead atoms. The molecule has 16 heavy (non-hydrogen) atoms. The van der Waals surface area contributed by atoms with Crippen LogP contribution in [0.1, 0.15) is 13.3 Å². The van der Waals surface area contributed by atoms with E-state index in [9.17, 15) is 13.2 Å². The molecular formula is C9H13ClN2O3S. The summed E-state index contributed by atoms with van der Waals surface area (Å²) in [6, 6.07) is 1.16. The lowest BCUT2D eigenvalue weighted by Gasteiger charge is -2.05. The highest BCUT2D eigenvalue weighted by Crippen LogP contribution is 1.98. The average molecular weight is 265 g/mol. The lowest BCUT2D eigenvalue weighted by molar-refractivity contribution is 0.585. The van der Waals surface area contributed by atoms with Gasteiger partial charge in [-0.2, -0.15) is 0 Å². The number of hydrogen-bond acceptors (Lipinski definition) is 4. The first kappa shape index (κ1) is 13.2. The van der Waals surface area contributed by atoms with Crippen molar-refractivity contribution in [3.63, 3.8) is 0 Å². The smallest absolute Gasteiger partial charge is 0.254 e. The minimum atomic E-state index is -3.08. The van der Waals surface area contributed by atoms with E-state index in [1.807, 2.05) is 0 Å². The minimum Gasteiger partial charge on any atom is -0.298 e. The van der Waals surface area contributed by atoms with Gasteiger partial charge in [-0.15, -0.1) is 0 Å². The molecule has 0 aliphatic carbocycles. The number of hydrogen-bond donors (Lipinski definition) is 0. The Balaban J connectivity index is 2.72. The van der Waals surface area contributed by atoms with Crippen molar-refractivity contribution in [2.75, 3.05) is 11.5 Å². The van der Waals surface area contributed by atoms with E-state index in [1.54, 1.807) is 6.92 Å². The fourth-order valence-electron chi connectivity index (χ4n) is 1.22. The summed E-state index contributed by atoms with van der Waals surface area (Å²) in [5.74, 6) is 0.0901. The van der Waals surface area contributed by atoms with Crippen LogP contribution in [0.3, 0.4) is 0 Å². The summed E-state index contributed by atoms with van der Waals surface area (Å²) in [5.41, 5.74) is -0.341. The molecule has 0 saturated carbocycles. The molecular weight excluding hydrogens is 252 g/mol. The molecule has 7 heteroatoms. The predicted octanol–water partition coefficient (Wildman–Crippen LogP) is 0.721. The van der Waals surface area contributed by atoms with E-state index in [-0.39, 0.29) is 28.8 Å². The summed E-state index contributed by atoms with van der Waals surface area (Å²) in [7, 11) is -3.08. The molecule has 0 aromatic carbocycles. The van der Waals surface area contributed by atoms with Crippen LogP contribution >= 0.6 is 11.6 Å². The first-order valence-corrected chi connectivity index (χ1v) is 7.07. The first-order valence-electron chi connectivity index (χ1n) is 4.87. The molecule has 1 rings (SSSR count). The Bertz CT molecular complexity index is 510. The summed E-state index contributed by atoms with van der Waals surface area (Å²) in [5, 5.41) is 0.109. The van der Waals surface area contributed by atoms with Crippen LogP contribution in [0.25, 0.3) is 0 Å². The Morgan fingerprint density at radius 1 is 1.44 bits per heavy atom. The van der Waals surface area contributed by atoms with Crippen molar-refractivity contribution in [3.05, 3.63) is 27.9 Å². The number of aromatic nitrogens is 2. The van der Waals surface area contributed by atoms with Crippen LogP contribution in [0.4, 0.5) is 0 Å². The lowest BCUT2D eigenvalue weighted by Crippen LogP contribution is -2.24. The number of sulfone groups is 1. The molecule has 0 unspecified atom stereocenters. The Kier molecular flexibility index (Phi) is 4.49. The zero-order chi connectivity index (χ0) is 12.2. The maximum absolute atomic E-state index is 11.4. The van der Waals surface area contributed by atoms with Crippen LogP contribution < -0.4 is 5.56 Å². The van der Waals surface area contributed by atoms with Gasteiger partial charge in [-0.3, -0.25) is 9.36 Å². The van der Waals surface area contributed by atoms with Gasteiger partial charge in [0.2, 0.25) is 0 Å². The molecule has 0 atom stereocenters. The molecule has 0 spiro atoms. The zero-order valence-corrected chi connectivity index (χ0v) is 10.5. The van der Waals surface area contributed by atoms with E-state index >= 15 is 0 Å². The molecule has 0 amide bonds. The fourth-order valence-corrected chi connectivity index (χ4v) is 2.66. The number of nitrogens with zero attached hydrogens (tertiary/aromatic N) is 2. The molecule has 1 aromatic rings. The summed E-state index contributed by atoms with van der Waals surface area (Å²) >= 11 is 5.51. The number of aryl methyl sites for hydroxylation is 1. The van der Waals surface area contributed by atoms with Crippen molar-refractivity contribution in [1.82, 2.24) is 9.55 Å². The maximum Gasteiger partial charge on any atom is 0.254 e. The molecule has 0 fully saturated rings. The second-order valence-electron chi connectivity index (χ2n) is 3.40. The van der Waals surface area contributed by atoms with Gasteiger partial charge < -0.3 is 0 Å². The predicted molar refractivity (Wildman–Crippen MR) is 62.5 cm³/mol. The highest BCUT2D eigenvalue weighted by atomic mass is 35.5. The molecule has 1 aromatic heterocycles. The molecule has 90 valence electrons. The third-order valence-electron chi connectivity index (χ3n) is 2.00. The second kappa shape index (κ2) is 5.45. The van der Waals surface area contributed by atoms with Crippen LogP contribution in [0, 0.1) is 0 Å². The SMILES string of the molecule is CCCS(=O)(=O)CCn1cnc(Cl)cc1=O. The van der Waals surface area contributed by atoms with Gasteiger partial charge in [-0.05, 0) is 6.42 Å². The monoisotopic (exact) mass is 264 g/mol. The average Bonchev–Trinajstić information content (AvgIpc) is 2.16. The summed E-state index contributed by atoms with van der Waals surface area (Å²) in [6.45, 7) is 1.92. The van der Waals surface area contributed by atoms with Gasteiger partial charge >= 0.3 is 0 Å². The highest BCUT2D eigenvalue weighted by molar-refractivity contribution is 7.91. The molecule has 5 nitrogen and oxygen atoms in total. The van der Waals surface area contributed by atoms with Crippen LogP contribution in [-0.4, -0.2) is 29.5 Å². The standard InChI is InChI=1S/C9H13ClN2O3S/c1-2-4-16(14,15)5-3-12-7-11-8(10)6-9(12)13/h6-7H,2-5H2,1H3. The molecule has 0 aliphatic heterocycles. The molecule has 0 aliphatic rings. The van der Waals surface area contributed by atoms with E-state index in [0.29, 0.717) is 6.42 Å². The van der Waals surface area contributed by atoms with E-state index in [2.05, 4.69) is 4.98 Å². The van der Waals surface area contributed by atoms with E-state index in [4.69, 9.17) is 11.6 Å². The summed E-state index contributed by atoms with van der Waals surface area (Å²) < 4.78 is 24.1. The Hall–Kier alpha value is -0.880. The first-order chi connectivity index (χ1) is 7.44. The normalized spacial score (nSPS) is 11.6. The summed E-state index contributed by atoms with van der Waals surface area (Å²) in [4.78, 5) is 15.1. The minimum absolute atomic E-state index is 0.0515. The topological polar surface area (TPSA) is 69.0 Å². The molecule has 0 radical (unpaired) electrons. The number of halogens is 1. The summed E-state index contributed by atoms with van der Waals surface area (Å²) in [6.07, 6.45) is 1.84. The van der Waals surface area contributed by atoms with Gasteiger partial charge in [-0.25, -0.2) is 13.4 Å². The quantitative estimate of drug-likeness (QED) is 0.735. The zero-order valence-electron chi connectivity index (χ0n) is 8.89. The molecule has 0 N–H and O–H groups in total. The van der Waals surface area contributed by atoms with Crippen molar-refractivity contribution in [2.45, 2.75) is 19.9 Å². The van der Waals surface area contributed by atoms with Crippen molar-refractivity contribution in [3.8, 4) is 0 Å². The Morgan fingerprint density at radius 3 is 2.69 bits per heavy atom. The lowest BCUT2D eigenvalue weighted by atomic mass is 10.6. The Morgan fingerprint density at radius 2 is 2.12 bits per heavy atom. The molecule has 0 saturated heterocycles. The van der Waals surface area contributed by atoms with Gasteiger partial charge in [0.25, 0.3) is 5.56 Å². The largest absolute Gasteiger partial charge is 0.298 e. The van der Waals surface area contributed by atoms with Gasteiger partial charge in [0.15, 0.2) is 9.84 Å². The van der Waals surface area contributed by atoms with Crippen molar-refractivity contribution in [2.24, 2.45) is 0 Å². The molecule has 1 heterocycles. The van der Waals surface area contributed by atoms with Crippen molar-refractivity contribution in [1.29, 1.82) is 0 Å². The van der Waals surface area contributed by atoms with Crippen LogP contribution in [0.15, 0.2) is 17.2 Å². The van der Waals surface area contributed by atoms with Crippen molar-refractivity contribution < 1.29 is 8.42 Å².